The molecule has 0 aliphatic rings. The Morgan fingerprint density at radius 1 is 1.15 bits per heavy atom. The number of carbonyl (C=O) groups is 2. The third-order valence-corrected chi connectivity index (χ3v) is 3.00. The average Bonchev–Trinajstić information content (AvgIpc) is 2.90. The van der Waals surface area contributed by atoms with E-state index in [1.165, 1.54) is 4.90 Å². The summed E-state index contributed by atoms with van der Waals surface area (Å²) in [6.07, 6.45) is 1.74. The number of esters is 1. The first-order valence-corrected chi connectivity index (χ1v) is 6.19. The number of ether oxygens (including phenoxy) is 1. The highest BCUT2D eigenvalue weighted by molar-refractivity contribution is 5.96. The number of rotatable bonds is 4. The predicted molar refractivity (Wildman–Crippen MR) is 75.5 cm³/mol. The quantitative estimate of drug-likeness (QED) is 0.798. The van der Waals surface area contributed by atoms with Gasteiger partial charge in [-0.05, 0) is 24.3 Å². The van der Waals surface area contributed by atoms with Gasteiger partial charge in [0.05, 0.1) is 0 Å². The van der Waals surface area contributed by atoms with Gasteiger partial charge in [-0.3, -0.25) is 4.79 Å². The number of amides is 1. The van der Waals surface area contributed by atoms with Gasteiger partial charge in [-0.1, -0.05) is 18.2 Å². The minimum Gasteiger partial charge on any atom is -0.451 e. The van der Waals surface area contributed by atoms with Gasteiger partial charge in [-0.25, -0.2) is 4.79 Å². The summed E-state index contributed by atoms with van der Waals surface area (Å²) < 4.78 is 6.67. The van der Waals surface area contributed by atoms with Crippen LogP contribution in [-0.2, 0) is 16.6 Å². The smallest absolute Gasteiger partial charge is 0.355 e. The molecule has 20 heavy (non-hydrogen) atoms. The van der Waals surface area contributed by atoms with Crippen molar-refractivity contribution in [3.05, 3.63) is 54.4 Å². The lowest BCUT2D eigenvalue weighted by atomic mass is 10.3. The van der Waals surface area contributed by atoms with Crippen molar-refractivity contribution in [3.63, 3.8) is 0 Å². The normalized spacial score (nSPS) is 10.1. The van der Waals surface area contributed by atoms with Gasteiger partial charge in [-0.15, -0.1) is 0 Å². The van der Waals surface area contributed by atoms with E-state index in [4.69, 9.17) is 4.74 Å². The lowest BCUT2D eigenvalue weighted by Crippen LogP contribution is -2.31. The summed E-state index contributed by atoms with van der Waals surface area (Å²) in [7, 11) is 3.39. The summed E-state index contributed by atoms with van der Waals surface area (Å²) in [5.41, 5.74) is 1.17. The highest BCUT2D eigenvalue weighted by Crippen LogP contribution is 2.11. The molecule has 1 aromatic heterocycles. The Balaban J connectivity index is 1.93. The third kappa shape index (κ3) is 3.06. The van der Waals surface area contributed by atoms with Crippen LogP contribution in [0.25, 0.3) is 0 Å². The Labute approximate surface area is 117 Å². The van der Waals surface area contributed by atoms with Crippen LogP contribution >= 0.6 is 0 Å². The molecule has 104 valence electrons. The Morgan fingerprint density at radius 3 is 2.45 bits per heavy atom. The van der Waals surface area contributed by atoms with Crippen molar-refractivity contribution in [2.75, 3.05) is 18.6 Å². The Kier molecular flexibility index (Phi) is 4.20. The molecule has 2 rings (SSSR count). The zero-order valence-corrected chi connectivity index (χ0v) is 11.4. The largest absolute Gasteiger partial charge is 0.451 e. The molecule has 5 heteroatoms. The zero-order valence-electron chi connectivity index (χ0n) is 11.4. The highest BCUT2D eigenvalue weighted by atomic mass is 16.5. The first-order chi connectivity index (χ1) is 9.59. The maximum absolute atomic E-state index is 11.9. The number of anilines is 1. The van der Waals surface area contributed by atoms with Crippen LogP contribution in [0.4, 0.5) is 5.69 Å². The zero-order chi connectivity index (χ0) is 14.5. The lowest BCUT2D eigenvalue weighted by Gasteiger charge is -2.17. The maximum atomic E-state index is 11.9. The molecule has 1 amide bonds. The molecule has 0 spiro atoms. The molecule has 5 nitrogen and oxygen atoms in total. The van der Waals surface area contributed by atoms with Crippen molar-refractivity contribution in [1.82, 2.24) is 4.57 Å². The number of nitrogens with zero attached hydrogens (tertiary/aromatic N) is 2. The van der Waals surface area contributed by atoms with Crippen molar-refractivity contribution in [3.8, 4) is 0 Å². The minimum atomic E-state index is -0.507. The van der Waals surface area contributed by atoms with Crippen LogP contribution in [0.2, 0.25) is 0 Å². The fraction of sp³-hybridized carbons (Fsp3) is 0.200. The number of para-hydroxylation sites is 1. The van der Waals surface area contributed by atoms with Crippen LogP contribution in [0.5, 0.6) is 0 Å². The second-order valence-corrected chi connectivity index (χ2v) is 4.37. The second kappa shape index (κ2) is 6.06. The van der Waals surface area contributed by atoms with E-state index >= 15 is 0 Å². The molecule has 0 aliphatic heterocycles. The lowest BCUT2D eigenvalue weighted by molar-refractivity contribution is -0.121. The molecule has 0 N–H and O–H groups in total. The van der Waals surface area contributed by atoms with Crippen molar-refractivity contribution in [2.24, 2.45) is 7.05 Å². The fourth-order valence-corrected chi connectivity index (χ4v) is 1.77. The monoisotopic (exact) mass is 272 g/mol. The summed E-state index contributed by atoms with van der Waals surface area (Å²) in [5.74, 6) is -0.786. The summed E-state index contributed by atoms with van der Waals surface area (Å²) in [5, 5.41) is 0. The molecule has 0 aliphatic carbocycles. The van der Waals surface area contributed by atoms with E-state index in [1.807, 2.05) is 30.3 Å². The van der Waals surface area contributed by atoms with Gasteiger partial charge < -0.3 is 14.2 Å². The molecule has 1 aromatic carbocycles. The van der Waals surface area contributed by atoms with Gasteiger partial charge in [0.2, 0.25) is 0 Å². The van der Waals surface area contributed by atoms with Crippen LogP contribution in [0.1, 0.15) is 10.5 Å². The number of hydrogen-bond donors (Lipinski definition) is 0. The number of aryl methyl sites for hydroxylation is 1. The van der Waals surface area contributed by atoms with Gasteiger partial charge >= 0.3 is 5.97 Å². The van der Waals surface area contributed by atoms with E-state index in [0.717, 1.165) is 5.69 Å². The molecular weight excluding hydrogens is 256 g/mol. The summed E-state index contributed by atoms with van der Waals surface area (Å²) in [4.78, 5) is 25.2. The summed E-state index contributed by atoms with van der Waals surface area (Å²) >= 11 is 0. The van der Waals surface area contributed by atoms with Gasteiger partial charge in [0.1, 0.15) is 5.69 Å². The van der Waals surface area contributed by atoms with Crippen molar-refractivity contribution in [2.45, 2.75) is 0 Å². The predicted octanol–water partition coefficient (Wildman–Crippen LogP) is 1.84. The van der Waals surface area contributed by atoms with Gasteiger partial charge in [-0.2, -0.15) is 0 Å². The molecule has 0 bridgehead atoms. The van der Waals surface area contributed by atoms with Gasteiger partial charge in [0, 0.05) is 26.0 Å². The van der Waals surface area contributed by atoms with Crippen LogP contribution in [0.15, 0.2) is 48.7 Å². The second-order valence-electron chi connectivity index (χ2n) is 4.37. The number of benzene rings is 1. The standard InChI is InChI=1S/C15H16N2O3/c1-16-10-6-9-13(16)15(19)20-11-14(18)17(2)12-7-4-3-5-8-12/h3-10H,11H2,1-2H3. The molecule has 0 unspecified atom stereocenters. The molecule has 0 radical (unpaired) electrons. The molecule has 1 heterocycles. The molecule has 0 fully saturated rings. The highest BCUT2D eigenvalue weighted by Gasteiger charge is 2.15. The van der Waals surface area contributed by atoms with Crippen molar-refractivity contribution in [1.29, 1.82) is 0 Å². The van der Waals surface area contributed by atoms with Crippen LogP contribution < -0.4 is 4.90 Å². The first kappa shape index (κ1) is 13.9. The Bertz CT molecular complexity index is 605. The Hall–Kier alpha value is -2.56. The molecule has 0 saturated heterocycles. The van der Waals surface area contributed by atoms with E-state index < -0.39 is 5.97 Å². The third-order valence-electron chi connectivity index (χ3n) is 3.00. The first-order valence-electron chi connectivity index (χ1n) is 6.19. The topological polar surface area (TPSA) is 51.5 Å². The average molecular weight is 272 g/mol. The van der Waals surface area contributed by atoms with E-state index in [2.05, 4.69) is 0 Å². The summed E-state index contributed by atoms with van der Waals surface area (Å²) in [6.45, 7) is -0.282. The number of aromatic nitrogens is 1. The van der Waals surface area contributed by atoms with Gasteiger partial charge in [0.15, 0.2) is 6.61 Å². The molecular formula is C15H16N2O3. The summed E-state index contributed by atoms with van der Waals surface area (Å²) in [6, 6.07) is 12.6. The van der Waals surface area contributed by atoms with Crippen LogP contribution in [0, 0.1) is 0 Å². The van der Waals surface area contributed by atoms with Gasteiger partial charge in [0.25, 0.3) is 5.91 Å². The molecule has 0 saturated carbocycles. The molecule has 2 aromatic rings. The van der Waals surface area contributed by atoms with E-state index in [9.17, 15) is 9.59 Å². The maximum Gasteiger partial charge on any atom is 0.355 e. The number of likely N-dealkylation sites (N-methyl/N-ethyl adjacent to an activating group) is 1. The van der Waals surface area contributed by atoms with E-state index in [0.29, 0.717) is 5.69 Å². The van der Waals surface area contributed by atoms with E-state index in [1.54, 1.807) is 37.0 Å². The molecule has 0 atom stereocenters. The van der Waals surface area contributed by atoms with Crippen molar-refractivity contribution < 1.29 is 14.3 Å². The number of carbonyl (C=O) groups excluding carboxylic acids is 2. The van der Waals surface area contributed by atoms with Crippen LogP contribution in [-0.4, -0.2) is 30.1 Å². The fourth-order valence-electron chi connectivity index (χ4n) is 1.77. The van der Waals surface area contributed by atoms with E-state index in [-0.39, 0.29) is 12.5 Å². The number of hydrogen-bond acceptors (Lipinski definition) is 3. The SMILES string of the molecule is CN(C(=O)COC(=O)c1cccn1C)c1ccccc1. The van der Waals surface area contributed by atoms with Crippen molar-refractivity contribution >= 4 is 17.6 Å². The van der Waals surface area contributed by atoms with Crippen LogP contribution in [0.3, 0.4) is 0 Å². The minimum absolute atomic E-state index is 0.279. The Morgan fingerprint density at radius 2 is 1.85 bits per heavy atom.